The second-order valence-corrected chi connectivity index (χ2v) is 6.62. The molecule has 3 aromatic rings. The van der Waals surface area contributed by atoms with Crippen molar-refractivity contribution < 1.29 is 8.78 Å². The third-order valence-electron chi connectivity index (χ3n) is 4.83. The summed E-state index contributed by atoms with van der Waals surface area (Å²) in [5.74, 6) is -1.52. The van der Waals surface area contributed by atoms with Gasteiger partial charge in [-0.05, 0) is 53.5 Å². The lowest BCUT2D eigenvalue weighted by atomic mass is 9.97. The van der Waals surface area contributed by atoms with E-state index < -0.39 is 11.6 Å². The van der Waals surface area contributed by atoms with Crippen LogP contribution in [0.4, 0.5) is 8.78 Å². The molecule has 130 valence electrons. The Bertz CT molecular complexity index is 863. The van der Waals surface area contributed by atoms with Gasteiger partial charge in [0.05, 0.1) is 0 Å². The molecule has 0 fully saturated rings. The first-order chi connectivity index (χ1) is 12.1. The molecule has 25 heavy (non-hydrogen) atoms. The molecule has 0 radical (unpaired) electrons. The summed E-state index contributed by atoms with van der Waals surface area (Å²) in [6, 6.07) is 15.2. The van der Waals surface area contributed by atoms with Crippen LogP contribution in [0.5, 0.6) is 0 Å². The zero-order chi connectivity index (χ0) is 17.8. The topological polar surface area (TPSA) is 0 Å². The Labute approximate surface area is 148 Å². The minimum Gasteiger partial charge on any atom is -0.203 e. The highest BCUT2D eigenvalue weighted by Crippen LogP contribution is 2.31. The van der Waals surface area contributed by atoms with Gasteiger partial charge in [-0.2, -0.15) is 0 Å². The molecule has 0 bridgehead atoms. The predicted molar refractivity (Wildman–Crippen MR) is 102 cm³/mol. The number of hydrogen-bond acceptors (Lipinski definition) is 0. The average Bonchev–Trinajstić information content (AvgIpc) is 2.65. The van der Waals surface area contributed by atoms with E-state index in [-0.39, 0.29) is 0 Å². The normalized spacial score (nSPS) is 11.2. The summed E-state index contributed by atoms with van der Waals surface area (Å²) >= 11 is 0. The van der Waals surface area contributed by atoms with E-state index in [0.717, 1.165) is 35.8 Å². The standard InChI is InChI=1S/C23H24F2/c1-3-5-6-7-17-9-11-18(12-10-17)21-15-19-13-8-16(4-2)14-20(19)22(24)23(21)25/h8-15H,3-7H2,1-2H3. The maximum atomic E-state index is 14.6. The quantitative estimate of drug-likeness (QED) is 0.421. The van der Waals surface area contributed by atoms with Crippen molar-refractivity contribution in [2.75, 3.05) is 0 Å². The van der Waals surface area contributed by atoms with Crippen LogP contribution in [0.2, 0.25) is 0 Å². The van der Waals surface area contributed by atoms with Gasteiger partial charge in [-0.3, -0.25) is 0 Å². The van der Waals surface area contributed by atoms with Crippen LogP contribution in [-0.2, 0) is 12.8 Å². The van der Waals surface area contributed by atoms with E-state index in [0.29, 0.717) is 10.9 Å². The zero-order valence-corrected chi connectivity index (χ0v) is 14.9. The monoisotopic (exact) mass is 338 g/mol. The summed E-state index contributed by atoms with van der Waals surface area (Å²) in [4.78, 5) is 0. The van der Waals surface area contributed by atoms with Gasteiger partial charge in [0.2, 0.25) is 0 Å². The fourth-order valence-corrected chi connectivity index (χ4v) is 3.23. The highest BCUT2D eigenvalue weighted by Gasteiger charge is 2.15. The summed E-state index contributed by atoms with van der Waals surface area (Å²) in [6.45, 7) is 4.19. The molecule has 0 saturated carbocycles. The van der Waals surface area contributed by atoms with Gasteiger partial charge in [0, 0.05) is 10.9 Å². The maximum absolute atomic E-state index is 14.6. The van der Waals surface area contributed by atoms with Crippen LogP contribution < -0.4 is 0 Å². The summed E-state index contributed by atoms with van der Waals surface area (Å²) in [6.07, 6.45) is 5.40. The first-order valence-electron chi connectivity index (χ1n) is 9.14. The van der Waals surface area contributed by atoms with Gasteiger partial charge in [0.15, 0.2) is 11.6 Å². The molecule has 0 atom stereocenters. The molecule has 0 aliphatic rings. The van der Waals surface area contributed by atoms with Gasteiger partial charge in [-0.1, -0.05) is 63.1 Å². The lowest BCUT2D eigenvalue weighted by molar-refractivity contribution is 0.519. The fraction of sp³-hybridized carbons (Fsp3) is 0.304. The SMILES string of the molecule is CCCCCc1ccc(-c2cc3ccc(CC)cc3c(F)c2F)cc1. The molecule has 0 nitrogen and oxygen atoms in total. The number of unbranched alkanes of at least 4 members (excludes halogenated alkanes) is 2. The molecule has 0 aliphatic heterocycles. The molecule has 0 aromatic heterocycles. The number of halogens is 2. The van der Waals surface area contributed by atoms with Crippen molar-refractivity contribution in [3.63, 3.8) is 0 Å². The maximum Gasteiger partial charge on any atom is 0.167 e. The smallest absolute Gasteiger partial charge is 0.167 e. The number of rotatable bonds is 6. The summed E-state index contributed by atoms with van der Waals surface area (Å²) in [7, 11) is 0. The van der Waals surface area contributed by atoms with Crippen molar-refractivity contribution in [1.29, 1.82) is 0 Å². The van der Waals surface area contributed by atoms with E-state index >= 15 is 0 Å². The van der Waals surface area contributed by atoms with Crippen LogP contribution in [-0.4, -0.2) is 0 Å². The van der Waals surface area contributed by atoms with Gasteiger partial charge in [-0.25, -0.2) is 8.78 Å². The molecule has 3 aromatic carbocycles. The van der Waals surface area contributed by atoms with E-state index in [1.54, 1.807) is 12.1 Å². The van der Waals surface area contributed by atoms with Crippen molar-refractivity contribution >= 4 is 10.8 Å². The lowest BCUT2D eigenvalue weighted by Gasteiger charge is -2.10. The van der Waals surface area contributed by atoms with E-state index in [2.05, 4.69) is 6.92 Å². The Morgan fingerprint density at radius 2 is 1.48 bits per heavy atom. The first kappa shape index (κ1) is 17.6. The van der Waals surface area contributed by atoms with Gasteiger partial charge in [-0.15, -0.1) is 0 Å². The van der Waals surface area contributed by atoms with Crippen LogP contribution in [0.15, 0.2) is 48.5 Å². The van der Waals surface area contributed by atoms with Crippen LogP contribution >= 0.6 is 0 Å². The molecule has 0 aliphatic carbocycles. The van der Waals surface area contributed by atoms with Crippen molar-refractivity contribution in [3.05, 3.63) is 71.3 Å². The molecule has 0 amide bonds. The Hall–Kier alpha value is -2.22. The van der Waals surface area contributed by atoms with Crippen LogP contribution in [0.3, 0.4) is 0 Å². The average molecular weight is 338 g/mol. The van der Waals surface area contributed by atoms with E-state index in [1.807, 2.05) is 43.3 Å². The van der Waals surface area contributed by atoms with E-state index in [1.165, 1.54) is 18.4 Å². The summed E-state index contributed by atoms with van der Waals surface area (Å²) < 4.78 is 29.2. The highest BCUT2D eigenvalue weighted by molar-refractivity contribution is 5.88. The second kappa shape index (κ2) is 7.77. The van der Waals surface area contributed by atoms with Crippen molar-refractivity contribution in [2.45, 2.75) is 46.0 Å². The number of hydrogen-bond donors (Lipinski definition) is 0. The number of fused-ring (bicyclic) bond motifs is 1. The van der Waals surface area contributed by atoms with Crippen LogP contribution in [0.25, 0.3) is 21.9 Å². The molecule has 0 unspecified atom stereocenters. The second-order valence-electron chi connectivity index (χ2n) is 6.62. The van der Waals surface area contributed by atoms with E-state index in [4.69, 9.17) is 0 Å². The summed E-state index contributed by atoms with van der Waals surface area (Å²) in [5, 5.41) is 1.09. The van der Waals surface area contributed by atoms with Gasteiger partial charge in [0.25, 0.3) is 0 Å². The number of aryl methyl sites for hydroxylation is 2. The minimum atomic E-state index is -0.764. The van der Waals surface area contributed by atoms with E-state index in [9.17, 15) is 8.78 Å². The lowest BCUT2D eigenvalue weighted by Crippen LogP contribution is -1.94. The molecular formula is C23H24F2. The largest absolute Gasteiger partial charge is 0.203 e. The Morgan fingerprint density at radius 1 is 0.760 bits per heavy atom. The first-order valence-corrected chi connectivity index (χ1v) is 9.14. The Balaban J connectivity index is 1.96. The van der Waals surface area contributed by atoms with Crippen LogP contribution in [0, 0.1) is 11.6 Å². The molecule has 0 saturated heterocycles. The third kappa shape index (κ3) is 3.73. The van der Waals surface area contributed by atoms with Crippen LogP contribution in [0.1, 0.15) is 44.2 Å². The zero-order valence-electron chi connectivity index (χ0n) is 14.9. The molecule has 0 spiro atoms. The van der Waals surface area contributed by atoms with Gasteiger partial charge >= 0.3 is 0 Å². The van der Waals surface area contributed by atoms with Crippen molar-refractivity contribution in [3.8, 4) is 11.1 Å². The summed E-state index contributed by atoms with van der Waals surface area (Å²) in [5.41, 5.74) is 3.30. The van der Waals surface area contributed by atoms with Crippen molar-refractivity contribution in [2.24, 2.45) is 0 Å². The van der Waals surface area contributed by atoms with Crippen molar-refractivity contribution in [1.82, 2.24) is 0 Å². The molecule has 0 N–H and O–H groups in total. The van der Waals surface area contributed by atoms with Gasteiger partial charge in [0.1, 0.15) is 0 Å². The minimum absolute atomic E-state index is 0.328. The molecule has 2 heteroatoms. The molecule has 0 heterocycles. The Kier molecular flexibility index (Phi) is 5.47. The molecular weight excluding hydrogens is 314 g/mol. The predicted octanol–water partition coefficient (Wildman–Crippen LogP) is 7.08. The highest BCUT2D eigenvalue weighted by atomic mass is 19.2. The van der Waals surface area contributed by atoms with Gasteiger partial charge < -0.3 is 0 Å². The fourth-order valence-electron chi connectivity index (χ4n) is 3.23. The molecule has 3 rings (SSSR count). The Morgan fingerprint density at radius 3 is 2.16 bits per heavy atom. The number of benzene rings is 3. The third-order valence-corrected chi connectivity index (χ3v) is 4.83.